The number of rotatable bonds is 2. The van der Waals surface area contributed by atoms with Gasteiger partial charge in [-0.15, -0.1) is 0 Å². The molecule has 1 spiro atoms. The van der Waals surface area contributed by atoms with E-state index >= 15 is 0 Å². The SMILES string of the molecule is COC1[C@H](C)CC2(Cc3ccc(Br)cc3C2=N[S@](=O)C(C)(C)C)C[C@@H]1C. The zero-order chi connectivity index (χ0) is 19.3. The Balaban J connectivity index is 2.10. The normalized spacial score (nSPS) is 34.3. The van der Waals surface area contributed by atoms with Crippen LogP contribution in [0.15, 0.2) is 27.1 Å². The lowest BCUT2D eigenvalue weighted by molar-refractivity contribution is -0.0342. The lowest BCUT2D eigenvalue weighted by Crippen LogP contribution is -2.45. The van der Waals surface area contributed by atoms with E-state index in [1.165, 1.54) is 11.1 Å². The zero-order valence-corrected chi connectivity index (χ0v) is 19.0. The van der Waals surface area contributed by atoms with E-state index in [0.717, 1.165) is 29.4 Å². The second-order valence-corrected chi connectivity index (χ2v) is 11.9. The summed E-state index contributed by atoms with van der Waals surface area (Å²) in [6.45, 7) is 10.5. The minimum Gasteiger partial charge on any atom is -0.381 e. The van der Waals surface area contributed by atoms with Gasteiger partial charge in [0.2, 0.25) is 0 Å². The molecule has 2 aliphatic rings. The fourth-order valence-electron chi connectivity index (χ4n) is 4.93. The summed E-state index contributed by atoms with van der Waals surface area (Å²) in [5.74, 6) is 0.907. The van der Waals surface area contributed by atoms with Crippen molar-refractivity contribution < 1.29 is 8.95 Å². The number of hydrogen-bond donors (Lipinski definition) is 0. The molecule has 0 N–H and O–H groups in total. The maximum Gasteiger partial charge on any atom is 0.145 e. The number of ether oxygens (including phenoxy) is 1. The van der Waals surface area contributed by atoms with Crippen molar-refractivity contribution in [3.05, 3.63) is 33.8 Å². The Kier molecular flexibility index (Phi) is 5.55. The largest absolute Gasteiger partial charge is 0.381 e. The summed E-state index contributed by atoms with van der Waals surface area (Å²) in [6, 6.07) is 6.45. The van der Waals surface area contributed by atoms with Gasteiger partial charge in [0.1, 0.15) is 11.0 Å². The van der Waals surface area contributed by atoms with Gasteiger partial charge in [-0.25, -0.2) is 4.21 Å². The first kappa shape index (κ1) is 20.2. The second-order valence-electron chi connectivity index (χ2n) is 9.12. The third kappa shape index (κ3) is 3.59. The summed E-state index contributed by atoms with van der Waals surface area (Å²) < 4.78 is 24.2. The first-order valence-electron chi connectivity index (χ1n) is 9.40. The smallest absolute Gasteiger partial charge is 0.145 e. The van der Waals surface area contributed by atoms with Crippen LogP contribution in [-0.2, 0) is 22.1 Å². The number of benzene rings is 1. The minimum atomic E-state index is -1.26. The van der Waals surface area contributed by atoms with E-state index in [-0.39, 0.29) is 16.3 Å². The highest BCUT2D eigenvalue weighted by atomic mass is 79.9. The maximum atomic E-state index is 12.9. The molecule has 2 aliphatic carbocycles. The lowest BCUT2D eigenvalue weighted by Gasteiger charge is -2.45. The molecule has 1 saturated carbocycles. The Morgan fingerprint density at radius 3 is 2.38 bits per heavy atom. The standard InChI is InChI=1S/C21H30BrNO2S/c1-13-10-21(11-14(2)18(13)25-6)12-15-7-8-16(22)9-17(15)19(21)23-26(24)20(3,4)5/h7-9,13-14,18H,10-12H2,1-6H3/t13-,14+,18?,21?,26-/m1/s1. The summed E-state index contributed by atoms with van der Waals surface area (Å²) >= 11 is 3.60. The molecule has 0 bridgehead atoms. The van der Waals surface area contributed by atoms with Crippen LogP contribution < -0.4 is 0 Å². The molecule has 0 saturated heterocycles. The van der Waals surface area contributed by atoms with Crippen molar-refractivity contribution >= 4 is 32.6 Å². The van der Waals surface area contributed by atoms with Gasteiger partial charge in [-0.3, -0.25) is 0 Å². The molecule has 5 heteroatoms. The molecule has 0 amide bonds. The van der Waals surface area contributed by atoms with Crippen LogP contribution in [0.4, 0.5) is 0 Å². The predicted molar refractivity (Wildman–Crippen MR) is 113 cm³/mol. The molecule has 5 atom stereocenters. The van der Waals surface area contributed by atoms with Crippen LogP contribution in [0.1, 0.15) is 58.6 Å². The number of nitrogens with zero attached hydrogens (tertiary/aromatic N) is 1. The molecule has 2 unspecified atom stereocenters. The first-order valence-corrected chi connectivity index (χ1v) is 11.3. The molecule has 3 nitrogen and oxygen atoms in total. The summed E-state index contributed by atoms with van der Waals surface area (Å²) in [5, 5.41) is 0. The molecule has 1 aromatic carbocycles. The summed E-state index contributed by atoms with van der Waals surface area (Å²) in [4.78, 5) is 0. The van der Waals surface area contributed by atoms with E-state index in [9.17, 15) is 4.21 Å². The molecule has 0 heterocycles. The number of halogens is 1. The molecule has 0 aliphatic heterocycles. The van der Waals surface area contributed by atoms with Crippen molar-refractivity contribution in [2.45, 2.75) is 64.7 Å². The molecule has 1 fully saturated rings. The average Bonchev–Trinajstić information content (AvgIpc) is 2.79. The van der Waals surface area contributed by atoms with E-state index in [1.54, 1.807) is 0 Å². The molecule has 3 rings (SSSR count). The van der Waals surface area contributed by atoms with E-state index in [0.29, 0.717) is 11.8 Å². The molecular formula is C21H30BrNO2S. The highest BCUT2D eigenvalue weighted by molar-refractivity contribution is 9.10. The van der Waals surface area contributed by atoms with Gasteiger partial charge < -0.3 is 4.74 Å². The number of fused-ring (bicyclic) bond motifs is 1. The summed E-state index contributed by atoms with van der Waals surface area (Å²) in [6.07, 6.45) is 3.33. The van der Waals surface area contributed by atoms with Gasteiger partial charge in [0.05, 0.1) is 16.6 Å². The lowest BCUT2D eigenvalue weighted by atomic mass is 9.63. The molecular weight excluding hydrogens is 410 g/mol. The van der Waals surface area contributed by atoms with E-state index in [2.05, 4.69) is 48.0 Å². The van der Waals surface area contributed by atoms with Crippen molar-refractivity contribution in [2.75, 3.05) is 7.11 Å². The van der Waals surface area contributed by atoms with Crippen LogP contribution in [0.25, 0.3) is 0 Å². The van der Waals surface area contributed by atoms with Crippen molar-refractivity contribution in [1.29, 1.82) is 0 Å². The van der Waals surface area contributed by atoms with E-state index in [1.807, 2.05) is 27.9 Å². The van der Waals surface area contributed by atoms with Gasteiger partial charge in [0.25, 0.3) is 0 Å². The molecule has 0 aromatic heterocycles. The second kappa shape index (κ2) is 7.14. The maximum absolute atomic E-state index is 12.9. The molecule has 144 valence electrons. The zero-order valence-electron chi connectivity index (χ0n) is 16.6. The monoisotopic (exact) mass is 439 g/mol. The van der Waals surface area contributed by atoms with Crippen molar-refractivity contribution in [3.8, 4) is 0 Å². The van der Waals surface area contributed by atoms with Gasteiger partial charge in [-0.1, -0.05) is 35.8 Å². The van der Waals surface area contributed by atoms with Gasteiger partial charge in [0, 0.05) is 22.6 Å². The summed E-state index contributed by atoms with van der Waals surface area (Å²) in [7, 11) is 0.559. The highest BCUT2D eigenvalue weighted by Crippen LogP contribution is 2.52. The van der Waals surface area contributed by atoms with Crippen LogP contribution in [0, 0.1) is 17.3 Å². The Labute approximate surface area is 168 Å². The van der Waals surface area contributed by atoms with E-state index in [4.69, 9.17) is 9.13 Å². The first-order chi connectivity index (χ1) is 12.1. The molecule has 1 aromatic rings. The third-order valence-electron chi connectivity index (χ3n) is 5.88. The quantitative estimate of drug-likeness (QED) is 0.624. The van der Waals surface area contributed by atoms with Crippen molar-refractivity contribution in [2.24, 2.45) is 21.6 Å². The van der Waals surface area contributed by atoms with Crippen molar-refractivity contribution in [1.82, 2.24) is 0 Å². The number of methoxy groups -OCH3 is 1. The highest BCUT2D eigenvalue weighted by Gasteiger charge is 2.50. The number of hydrogen-bond acceptors (Lipinski definition) is 2. The molecule has 26 heavy (non-hydrogen) atoms. The van der Waals surface area contributed by atoms with Gasteiger partial charge in [-0.05, 0) is 69.6 Å². The van der Waals surface area contributed by atoms with Crippen LogP contribution >= 0.6 is 15.9 Å². The van der Waals surface area contributed by atoms with Gasteiger partial charge in [-0.2, -0.15) is 4.40 Å². The average molecular weight is 440 g/mol. The van der Waals surface area contributed by atoms with Gasteiger partial charge in [0.15, 0.2) is 0 Å². The fraction of sp³-hybridized carbons (Fsp3) is 0.667. The topological polar surface area (TPSA) is 38.7 Å². The Bertz CT molecular complexity index is 741. The van der Waals surface area contributed by atoms with Crippen LogP contribution in [0.5, 0.6) is 0 Å². The van der Waals surface area contributed by atoms with Crippen LogP contribution in [0.3, 0.4) is 0 Å². The Morgan fingerprint density at radius 2 is 1.85 bits per heavy atom. The molecule has 0 radical (unpaired) electrons. The predicted octanol–water partition coefficient (Wildman–Crippen LogP) is 5.32. The van der Waals surface area contributed by atoms with Gasteiger partial charge >= 0.3 is 0 Å². The van der Waals surface area contributed by atoms with Crippen molar-refractivity contribution in [3.63, 3.8) is 0 Å². The Hall–Kier alpha value is -0.520. The fourth-order valence-corrected chi connectivity index (χ4v) is 6.03. The van der Waals surface area contributed by atoms with Crippen LogP contribution in [0.2, 0.25) is 0 Å². The Morgan fingerprint density at radius 1 is 1.23 bits per heavy atom. The minimum absolute atomic E-state index is 0.0299. The summed E-state index contributed by atoms with van der Waals surface area (Å²) in [5.41, 5.74) is 3.52. The van der Waals surface area contributed by atoms with Crippen LogP contribution in [-0.4, -0.2) is 27.9 Å². The third-order valence-corrected chi connectivity index (χ3v) is 7.76. The van der Waals surface area contributed by atoms with E-state index < -0.39 is 11.0 Å².